The van der Waals surface area contributed by atoms with Gasteiger partial charge in [-0.15, -0.1) is 0 Å². The summed E-state index contributed by atoms with van der Waals surface area (Å²) in [6, 6.07) is 4.99. The van der Waals surface area contributed by atoms with E-state index in [1.807, 2.05) is 6.92 Å². The Bertz CT molecular complexity index is 440. The van der Waals surface area contributed by atoms with Gasteiger partial charge in [0.05, 0.1) is 11.5 Å². The van der Waals surface area contributed by atoms with Crippen molar-refractivity contribution in [3.05, 3.63) is 29.3 Å². The predicted octanol–water partition coefficient (Wildman–Crippen LogP) is 0.649. The maximum atomic E-state index is 11.6. The van der Waals surface area contributed by atoms with Crippen molar-refractivity contribution in [2.75, 3.05) is 7.05 Å². The zero-order valence-electron chi connectivity index (χ0n) is 8.82. The molecule has 1 aromatic carbocycles. The third-order valence-corrected chi connectivity index (χ3v) is 3.78. The number of aryl methyl sites for hydroxylation is 1. The number of benzene rings is 1. The average Bonchev–Trinajstić information content (AvgIpc) is 2.28. The molecule has 0 spiro atoms. The number of aliphatic hydroxyl groups is 1. The van der Waals surface area contributed by atoms with Crippen LogP contribution < -0.4 is 4.72 Å². The number of rotatable bonds is 4. The van der Waals surface area contributed by atoms with E-state index in [-0.39, 0.29) is 11.5 Å². The van der Waals surface area contributed by atoms with Crippen molar-refractivity contribution >= 4 is 10.0 Å². The SMILES string of the molecule is CCc1ccc(S(=O)(=O)NC)c(CO)c1. The molecule has 0 aromatic heterocycles. The maximum Gasteiger partial charge on any atom is 0.240 e. The molecule has 0 amide bonds. The van der Waals surface area contributed by atoms with Gasteiger partial charge in [0.1, 0.15) is 0 Å². The zero-order chi connectivity index (χ0) is 11.5. The molecular weight excluding hydrogens is 214 g/mol. The van der Waals surface area contributed by atoms with E-state index in [4.69, 9.17) is 5.11 Å². The molecule has 4 nitrogen and oxygen atoms in total. The fourth-order valence-electron chi connectivity index (χ4n) is 1.35. The lowest BCUT2D eigenvalue weighted by molar-refractivity contribution is 0.278. The number of aliphatic hydroxyl groups excluding tert-OH is 1. The molecule has 0 unspecified atom stereocenters. The maximum absolute atomic E-state index is 11.6. The summed E-state index contributed by atoms with van der Waals surface area (Å²) in [4.78, 5) is 0.143. The van der Waals surface area contributed by atoms with Gasteiger partial charge in [-0.1, -0.05) is 19.1 Å². The highest BCUT2D eigenvalue weighted by molar-refractivity contribution is 7.89. The van der Waals surface area contributed by atoms with Gasteiger partial charge in [0.15, 0.2) is 0 Å². The quantitative estimate of drug-likeness (QED) is 0.796. The van der Waals surface area contributed by atoms with Gasteiger partial charge in [-0.3, -0.25) is 0 Å². The van der Waals surface area contributed by atoms with E-state index in [0.29, 0.717) is 5.56 Å². The summed E-state index contributed by atoms with van der Waals surface area (Å²) in [6.07, 6.45) is 0.812. The molecule has 5 heteroatoms. The monoisotopic (exact) mass is 229 g/mol. The van der Waals surface area contributed by atoms with Gasteiger partial charge in [-0.25, -0.2) is 13.1 Å². The molecule has 0 heterocycles. The normalized spacial score (nSPS) is 11.7. The minimum atomic E-state index is -3.48. The topological polar surface area (TPSA) is 66.4 Å². The van der Waals surface area contributed by atoms with Crippen LogP contribution in [0.1, 0.15) is 18.1 Å². The molecule has 0 atom stereocenters. The highest BCUT2D eigenvalue weighted by atomic mass is 32.2. The van der Waals surface area contributed by atoms with Gasteiger partial charge < -0.3 is 5.11 Å². The molecule has 84 valence electrons. The summed E-state index contributed by atoms with van der Waals surface area (Å²) in [5.41, 5.74) is 1.44. The van der Waals surface area contributed by atoms with E-state index in [1.165, 1.54) is 13.1 Å². The highest BCUT2D eigenvalue weighted by Gasteiger charge is 2.15. The van der Waals surface area contributed by atoms with E-state index in [2.05, 4.69) is 4.72 Å². The molecule has 0 radical (unpaired) electrons. The second-order valence-electron chi connectivity index (χ2n) is 3.16. The Balaban J connectivity index is 3.31. The van der Waals surface area contributed by atoms with Crippen LogP contribution in [0.15, 0.2) is 23.1 Å². The molecule has 0 saturated heterocycles. The molecule has 0 saturated carbocycles. The largest absolute Gasteiger partial charge is 0.392 e. The van der Waals surface area contributed by atoms with Crippen molar-refractivity contribution in [3.63, 3.8) is 0 Å². The molecule has 0 aliphatic carbocycles. The lowest BCUT2D eigenvalue weighted by Gasteiger charge is -2.09. The summed E-state index contributed by atoms with van der Waals surface area (Å²) >= 11 is 0. The number of hydrogen-bond acceptors (Lipinski definition) is 3. The Labute approximate surface area is 90.0 Å². The summed E-state index contributed by atoms with van der Waals surface area (Å²) in [7, 11) is -2.12. The van der Waals surface area contributed by atoms with E-state index in [9.17, 15) is 8.42 Å². The Morgan fingerprint density at radius 1 is 1.40 bits per heavy atom. The fraction of sp³-hybridized carbons (Fsp3) is 0.400. The molecule has 0 bridgehead atoms. The summed E-state index contributed by atoms with van der Waals surface area (Å²) < 4.78 is 25.3. The van der Waals surface area contributed by atoms with Crippen LogP contribution in [0.5, 0.6) is 0 Å². The van der Waals surface area contributed by atoms with E-state index < -0.39 is 10.0 Å². The second kappa shape index (κ2) is 4.74. The predicted molar refractivity (Wildman–Crippen MR) is 58.0 cm³/mol. The average molecular weight is 229 g/mol. The third kappa shape index (κ3) is 2.56. The first kappa shape index (κ1) is 12.2. The lowest BCUT2D eigenvalue weighted by atomic mass is 10.1. The lowest BCUT2D eigenvalue weighted by Crippen LogP contribution is -2.20. The van der Waals surface area contributed by atoms with Crippen LogP contribution in [-0.2, 0) is 23.1 Å². The van der Waals surface area contributed by atoms with Crippen LogP contribution in [0.2, 0.25) is 0 Å². The first-order valence-corrected chi connectivity index (χ1v) is 6.19. The molecule has 0 aliphatic heterocycles. The molecular formula is C10H15NO3S. The van der Waals surface area contributed by atoms with Gasteiger partial charge >= 0.3 is 0 Å². The number of sulfonamides is 1. The van der Waals surface area contributed by atoms with Crippen LogP contribution in [0, 0.1) is 0 Å². The Morgan fingerprint density at radius 2 is 2.07 bits per heavy atom. The summed E-state index contributed by atoms with van der Waals surface area (Å²) in [5, 5.41) is 9.11. The standard InChI is InChI=1S/C10H15NO3S/c1-3-8-4-5-10(9(6-8)7-12)15(13,14)11-2/h4-6,11-12H,3,7H2,1-2H3. The van der Waals surface area contributed by atoms with Crippen LogP contribution in [0.4, 0.5) is 0 Å². The van der Waals surface area contributed by atoms with Gasteiger partial charge in [-0.2, -0.15) is 0 Å². The van der Waals surface area contributed by atoms with E-state index in [0.717, 1.165) is 12.0 Å². The summed E-state index contributed by atoms with van der Waals surface area (Å²) in [5.74, 6) is 0. The second-order valence-corrected chi connectivity index (χ2v) is 5.02. The Hall–Kier alpha value is -0.910. The van der Waals surface area contributed by atoms with Gasteiger partial charge in [0, 0.05) is 0 Å². The zero-order valence-corrected chi connectivity index (χ0v) is 9.63. The molecule has 0 aliphatic rings. The van der Waals surface area contributed by atoms with Gasteiger partial charge in [0.25, 0.3) is 0 Å². The first-order valence-electron chi connectivity index (χ1n) is 4.71. The van der Waals surface area contributed by atoms with Gasteiger partial charge in [0.2, 0.25) is 10.0 Å². The van der Waals surface area contributed by atoms with Crippen molar-refractivity contribution in [2.45, 2.75) is 24.8 Å². The number of hydrogen-bond donors (Lipinski definition) is 2. The molecule has 2 N–H and O–H groups in total. The molecule has 1 rings (SSSR count). The van der Waals surface area contributed by atoms with Crippen LogP contribution in [-0.4, -0.2) is 20.6 Å². The van der Waals surface area contributed by atoms with Crippen molar-refractivity contribution in [1.82, 2.24) is 4.72 Å². The van der Waals surface area contributed by atoms with Crippen LogP contribution >= 0.6 is 0 Å². The highest BCUT2D eigenvalue weighted by Crippen LogP contribution is 2.17. The third-order valence-electron chi connectivity index (χ3n) is 2.26. The molecule has 1 aromatic rings. The minimum absolute atomic E-state index is 0.143. The molecule has 15 heavy (non-hydrogen) atoms. The van der Waals surface area contributed by atoms with Crippen LogP contribution in [0.25, 0.3) is 0 Å². The summed E-state index contributed by atoms with van der Waals surface area (Å²) in [6.45, 7) is 1.70. The van der Waals surface area contributed by atoms with E-state index in [1.54, 1.807) is 12.1 Å². The molecule has 0 fully saturated rings. The van der Waals surface area contributed by atoms with Gasteiger partial charge in [-0.05, 0) is 30.7 Å². The van der Waals surface area contributed by atoms with E-state index >= 15 is 0 Å². The fourth-order valence-corrected chi connectivity index (χ4v) is 2.28. The van der Waals surface area contributed by atoms with Crippen LogP contribution in [0.3, 0.4) is 0 Å². The van der Waals surface area contributed by atoms with Crippen molar-refractivity contribution in [3.8, 4) is 0 Å². The Kier molecular flexibility index (Phi) is 3.84. The first-order chi connectivity index (χ1) is 7.05. The minimum Gasteiger partial charge on any atom is -0.392 e. The number of nitrogens with one attached hydrogen (secondary N) is 1. The van der Waals surface area contributed by atoms with Crippen molar-refractivity contribution in [1.29, 1.82) is 0 Å². The van der Waals surface area contributed by atoms with Crippen molar-refractivity contribution in [2.24, 2.45) is 0 Å². The Morgan fingerprint density at radius 3 is 2.53 bits per heavy atom. The smallest absolute Gasteiger partial charge is 0.240 e. The van der Waals surface area contributed by atoms with Crippen molar-refractivity contribution < 1.29 is 13.5 Å².